The molecule has 154 valence electrons. The van der Waals surface area contributed by atoms with Crippen molar-refractivity contribution in [3.05, 3.63) is 117 Å². The number of β-amino-alcohol motifs (C(OH)–C–C–N with tert-alkyl or cyclic N) is 1. The topological polar surface area (TPSA) is 70.8 Å². The van der Waals surface area contributed by atoms with Gasteiger partial charge in [0.2, 0.25) is 5.76 Å². The minimum absolute atomic E-state index is 0.0433. The number of aliphatic hydroxyl groups is 1. The van der Waals surface area contributed by atoms with Gasteiger partial charge in [-0.25, -0.2) is 4.39 Å². The lowest BCUT2D eigenvalue weighted by molar-refractivity contribution is 0.0583. The second kappa shape index (κ2) is 7.49. The molecule has 0 bridgehead atoms. The summed E-state index contributed by atoms with van der Waals surface area (Å²) < 4.78 is 19.4. The highest BCUT2D eigenvalue weighted by Crippen LogP contribution is 2.39. The summed E-state index contributed by atoms with van der Waals surface area (Å²) in [5, 5.41) is 11.1. The molecule has 1 aliphatic heterocycles. The van der Waals surface area contributed by atoms with Crippen molar-refractivity contribution in [1.29, 1.82) is 0 Å². The van der Waals surface area contributed by atoms with Gasteiger partial charge in [-0.3, -0.25) is 9.59 Å². The summed E-state index contributed by atoms with van der Waals surface area (Å²) in [5.74, 6) is -0.949. The van der Waals surface area contributed by atoms with Crippen LogP contribution in [0.4, 0.5) is 4.39 Å². The van der Waals surface area contributed by atoms with E-state index in [0.29, 0.717) is 22.1 Å². The van der Waals surface area contributed by atoms with Crippen LogP contribution < -0.4 is 5.43 Å². The summed E-state index contributed by atoms with van der Waals surface area (Å²) >= 11 is 0. The molecule has 0 radical (unpaired) electrons. The molecule has 5 rings (SSSR count). The maximum Gasteiger partial charge on any atom is 0.291 e. The Morgan fingerprint density at radius 3 is 2.35 bits per heavy atom. The van der Waals surface area contributed by atoms with Gasteiger partial charge < -0.3 is 14.4 Å². The maximum atomic E-state index is 13.6. The number of amides is 1. The molecule has 1 aromatic heterocycles. The van der Waals surface area contributed by atoms with Crippen molar-refractivity contribution in [1.82, 2.24) is 4.90 Å². The number of aliphatic hydroxyl groups excluding tert-OH is 1. The molecule has 1 N–H and O–H groups in total. The molecule has 3 aromatic carbocycles. The van der Waals surface area contributed by atoms with Crippen LogP contribution in [-0.2, 0) is 0 Å². The Hall–Kier alpha value is -3.77. The maximum absolute atomic E-state index is 13.6. The van der Waals surface area contributed by atoms with E-state index in [2.05, 4.69) is 0 Å². The Balaban J connectivity index is 1.67. The molecule has 2 atom stereocenters. The number of hydrogen-bond donors (Lipinski definition) is 1. The number of hydrogen-bond acceptors (Lipinski definition) is 4. The summed E-state index contributed by atoms with van der Waals surface area (Å²) in [6, 6.07) is 20.6. The molecule has 31 heavy (non-hydrogen) atoms. The Labute approximate surface area is 177 Å². The van der Waals surface area contributed by atoms with Crippen LogP contribution in [0.25, 0.3) is 11.0 Å². The first-order chi connectivity index (χ1) is 15.0. The molecule has 4 aromatic rings. The number of benzene rings is 3. The van der Waals surface area contributed by atoms with Crippen molar-refractivity contribution in [2.75, 3.05) is 6.54 Å². The standard InChI is InChI=1S/C25H18FNO4/c26-17-12-10-16(11-13-17)22-21-23(29)18-8-4-5-9-20(18)31-24(21)25(30)27(22)14-19(28)15-6-2-1-3-7-15/h1-13,19,22,28H,14H2/t19-,22-/m1/s1. The van der Waals surface area contributed by atoms with E-state index in [1.165, 1.54) is 17.0 Å². The third kappa shape index (κ3) is 3.21. The molecular formula is C25H18FNO4. The second-order valence-corrected chi connectivity index (χ2v) is 7.51. The fraction of sp³-hybridized carbons (Fsp3) is 0.120. The lowest BCUT2D eigenvalue weighted by Crippen LogP contribution is -2.33. The van der Waals surface area contributed by atoms with Crippen molar-refractivity contribution in [2.24, 2.45) is 0 Å². The largest absolute Gasteiger partial charge is 0.450 e. The van der Waals surface area contributed by atoms with Crippen molar-refractivity contribution < 1.29 is 18.7 Å². The zero-order valence-corrected chi connectivity index (χ0v) is 16.4. The number of nitrogens with zero attached hydrogens (tertiary/aromatic N) is 1. The average Bonchev–Trinajstić information content (AvgIpc) is 3.07. The van der Waals surface area contributed by atoms with E-state index < -0.39 is 23.9 Å². The summed E-state index contributed by atoms with van der Waals surface area (Å²) in [4.78, 5) is 28.1. The molecule has 0 aliphatic carbocycles. The van der Waals surface area contributed by atoms with E-state index in [-0.39, 0.29) is 23.3 Å². The molecule has 1 aliphatic rings. The van der Waals surface area contributed by atoms with Crippen LogP contribution in [0.5, 0.6) is 0 Å². The Kier molecular flexibility index (Phi) is 4.64. The SMILES string of the molecule is O=C1c2oc3ccccc3c(=O)c2[C@@H](c2ccc(F)cc2)N1C[C@@H](O)c1ccccc1. The molecular weight excluding hydrogens is 397 g/mol. The van der Waals surface area contributed by atoms with Crippen LogP contribution in [-0.4, -0.2) is 22.5 Å². The summed E-state index contributed by atoms with van der Waals surface area (Å²) in [5.41, 5.74) is 1.43. The van der Waals surface area contributed by atoms with Gasteiger partial charge in [0.25, 0.3) is 5.91 Å². The van der Waals surface area contributed by atoms with E-state index in [9.17, 15) is 19.1 Å². The van der Waals surface area contributed by atoms with E-state index in [0.717, 1.165) is 0 Å². The third-order valence-corrected chi connectivity index (χ3v) is 5.61. The molecule has 5 nitrogen and oxygen atoms in total. The predicted molar refractivity (Wildman–Crippen MR) is 113 cm³/mol. The van der Waals surface area contributed by atoms with Crippen LogP contribution in [0, 0.1) is 5.82 Å². The first-order valence-corrected chi connectivity index (χ1v) is 9.90. The lowest BCUT2D eigenvalue weighted by atomic mass is 9.98. The fourth-order valence-corrected chi connectivity index (χ4v) is 4.11. The molecule has 1 amide bonds. The lowest BCUT2D eigenvalue weighted by Gasteiger charge is -2.27. The van der Waals surface area contributed by atoms with Gasteiger partial charge >= 0.3 is 0 Å². The Morgan fingerprint density at radius 1 is 0.935 bits per heavy atom. The Morgan fingerprint density at radius 2 is 1.61 bits per heavy atom. The van der Waals surface area contributed by atoms with Gasteiger partial charge in [0.15, 0.2) is 5.43 Å². The smallest absolute Gasteiger partial charge is 0.291 e. The van der Waals surface area contributed by atoms with E-state index in [1.54, 1.807) is 60.7 Å². The summed E-state index contributed by atoms with van der Waals surface area (Å²) in [7, 11) is 0. The first-order valence-electron chi connectivity index (χ1n) is 9.90. The van der Waals surface area contributed by atoms with Crippen molar-refractivity contribution in [3.8, 4) is 0 Å². The molecule has 0 saturated heterocycles. The van der Waals surface area contributed by atoms with Crippen LogP contribution in [0.3, 0.4) is 0 Å². The number of halogens is 1. The van der Waals surface area contributed by atoms with Crippen LogP contribution >= 0.6 is 0 Å². The average molecular weight is 415 g/mol. The van der Waals surface area contributed by atoms with Gasteiger partial charge in [-0.1, -0.05) is 54.6 Å². The highest BCUT2D eigenvalue weighted by atomic mass is 19.1. The van der Waals surface area contributed by atoms with Gasteiger partial charge in [-0.15, -0.1) is 0 Å². The zero-order chi connectivity index (χ0) is 21.5. The first kappa shape index (κ1) is 19.2. The number of fused-ring (bicyclic) bond motifs is 2. The zero-order valence-electron chi connectivity index (χ0n) is 16.4. The molecule has 0 spiro atoms. The van der Waals surface area contributed by atoms with Gasteiger partial charge in [-0.2, -0.15) is 0 Å². The molecule has 0 saturated carbocycles. The van der Waals surface area contributed by atoms with Crippen LogP contribution in [0.1, 0.15) is 39.4 Å². The predicted octanol–water partition coefficient (Wildman–Crippen LogP) is 4.21. The van der Waals surface area contributed by atoms with Gasteiger partial charge in [0.05, 0.1) is 29.6 Å². The number of rotatable bonds is 4. The molecule has 0 fully saturated rings. The van der Waals surface area contributed by atoms with E-state index in [4.69, 9.17) is 4.42 Å². The fourth-order valence-electron chi connectivity index (χ4n) is 4.11. The Bertz CT molecular complexity index is 1330. The molecule has 6 heteroatoms. The highest BCUT2D eigenvalue weighted by Gasteiger charge is 2.43. The minimum atomic E-state index is -0.966. The number of para-hydroxylation sites is 1. The quantitative estimate of drug-likeness (QED) is 0.542. The van der Waals surface area contributed by atoms with Crippen LogP contribution in [0.15, 0.2) is 88.1 Å². The monoisotopic (exact) mass is 415 g/mol. The van der Waals surface area contributed by atoms with E-state index >= 15 is 0 Å². The van der Waals surface area contributed by atoms with Crippen molar-refractivity contribution in [3.63, 3.8) is 0 Å². The normalized spacial score (nSPS) is 16.5. The second-order valence-electron chi connectivity index (χ2n) is 7.51. The van der Waals surface area contributed by atoms with E-state index in [1.807, 2.05) is 6.07 Å². The molecule has 0 unspecified atom stereocenters. The van der Waals surface area contributed by atoms with Crippen LogP contribution in [0.2, 0.25) is 0 Å². The van der Waals surface area contributed by atoms with Gasteiger partial charge in [0, 0.05) is 0 Å². The summed E-state index contributed by atoms with van der Waals surface area (Å²) in [6.45, 7) is -0.0507. The van der Waals surface area contributed by atoms with Gasteiger partial charge in [-0.05, 0) is 35.4 Å². The molecule has 2 heterocycles. The minimum Gasteiger partial charge on any atom is -0.450 e. The summed E-state index contributed by atoms with van der Waals surface area (Å²) in [6.07, 6.45) is -0.966. The third-order valence-electron chi connectivity index (χ3n) is 5.61. The van der Waals surface area contributed by atoms with Crippen molar-refractivity contribution >= 4 is 16.9 Å². The number of carbonyl (C=O) groups excluding carboxylic acids is 1. The highest BCUT2D eigenvalue weighted by molar-refractivity contribution is 5.99. The van der Waals surface area contributed by atoms with Crippen molar-refractivity contribution in [2.45, 2.75) is 12.1 Å². The number of carbonyl (C=O) groups is 1. The van der Waals surface area contributed by atoms with Gasteiger partial charge in [0.1, 0.15) is 11.4 Å².